The van der Waals surface area contributed by atoms with E-state index >= 15 is 0 Å². The molecule has 22 N–H and O–H groups in total. The van der Waals surface area contributed by atoms with Gasteiger partial charge in [0, 0.05) is 6.92 Å². The van der Waals surface area contributed by atoms with Crippen molar-refractivity contribution in [1.82, 2.24) is 14.8 Å². The van der Waals surface area contributed by atoms with E-state index in [2.05, 4.69) is 20.9 Å². The molecule has 0 aromatic carbocycles. The zero-order valence-corrected chi connectivity index (χ0v) is 54.9. The van der Waals surface area contributed by atoms with E-state index in [9.17, 15) is 171 Å². The molecule has 0 saturated carbocycles. The standard InChI is InChI=1S/C38H61N3O53S7/c1-5(42)39-10-13(44)21(85-36-17(48)14(45)15(46)26(90-36)30(51)52)7(3-80-98(67,68)69)83-34(10)88-24-16(47)18(49)37(91-28(24)31(53)54)87-22-8(4-81-99(70,71)72)84-35(11(41-96(61,62)63)23(22)93-100(73,74)75)89-25-19(50)27(94-101(76,77)78)38(92-29(25)32(55)56)86-20-6(2-79-97(64,65)66)82-33(57)9(12(20)43)40-95(58,59)60/h6-29,33-38,40-41,43-50,57H,2-4H2,1H3,(H,39,42)(H,51,52)(H,53,54)(H,55,56)(H,58,59,60)(H,61,62,63)(H,64,65,66)(H,67,68,69)(H,70,71,72)(H,73,74,75)(H,76,77,78)/t6-,7-,8-,9-,10-,11-,12-,13-,14+,15+,16-,17-,18-,19+,20-,21-,22-,23-,24+,25+,26-,27-,28+,29-,33?,34-,35-,36-,37-,38-/m1/s1. The second-order valence-electron chi connectivity index (χ2n) is 21.4. The van der Waals surface area contributed by atoms with Gasteiger partial charge in [0.1, 0.15) is 122 Å². The summed E-state index contributed by atoms with van der Waals surface area (Å²) in [6, 6.07) is -8.20. The number of aliphatic hydroxyl groups is 9. The van der Waals surface area contributed by atoms with Crippen LogP contribution in [0.4, 0.5) is 0 Å². The number of carboxylic acid groups (broad SMARTS) is 3. The Morgan fingerprint density at radius 3 is 1.11 bits per heavy atom. The van der Waals surface area contributed by atoms with E-state index in [1.807, 2.05) is 5.32 Å². The first kappa shape index (κ1) is 86.1. The Morgan fingerprint density at radius 2 is 0.683 bits per heavy atom. The molecular formula is C38H61N3O53S7. The second-order valence-corrected chi connectivity index (χ2v) is 29.2. The molecule has 0 bridgehead atoms. The molecule has 6 aliphatic rings. The summed E-state index contributed by atoms with van der Waals surface area (Å²) >= 11 is 0. The third-order valence-electron chi connectivity index (χ3n) is 14.4. The van der Waals surface area contributed by atoms with E-state index in [0.717, 1.165) is 4.72 Å². The minimum Gasteiger partial charge on any atom is -0.479 e. The van der Waals surface area contributed by atoms with Crippen LogP contribution in [0.3, 0.4) is 0 Å². The normalized spacial score (nSPS) is 40.3. The number of hydrogen-bond donors (Lipinski definition) is 22. The highest BCUT2D eigenvalue weighted by Crippen LogP contribution is 2.39. The molecule has 6 fully saturated rings. The zero-order chi connectivity index (χ0) is 76.7. The molecule has 588 valence electrons. The molecule has 0 radical (unpaired) electrons. The third-order valence-corrected chi connectivity index (χ3v) is 17.8. The Balaban J connectivity index is 1.39. The molecule has 6 aliphatic heterocycles. The second kappa shape index (κ2) is 33.1. The summed E-state index contributed by atoms with van der Waals surface area (Å²) in [6.07, 6.45) is -77.0. The minimum atomic E-state index is -6.40. The lowest BCUT2D eigenvalue weighted by Gasteiger charge is -2.50. The molecule has 1 amide bonds. The van der Waals surface area contributed by atoms with E-state index < -0.39 is 300 Å². The quantitative estimate of drug-likeness (QED) is 0.0287. The third kappa shape index (κ3) is 23.6. The summed E-state index contributed by atoms with van der Waals surface area (Å²) in [5.41, 5.74) is 0. The maximum Gasteiger partial charge on any atom is 0.397 e. The van der Waals surface area contributed by atoms with Gasteiger partial charge in [-0.05, 0) is 0 Å². The fraction of sp³-hybridized carbons (Fsp3) is 0.895. The molecule has 0 spiro atoms. The number of rotatable bonds is 31. The molecule has 6 saturated heterocycles. The van der Waals surface area contributed by atoms with Gasteiger partial charge >= 0.3 is 90.5 Å². The number of amides is 1. The van der Waals surface area contributed by atoms with Crippen molar-refractivity contribution in [1.29, 1.82) is 0 Å². The molecule has 101 heavy (non-hydrogen) atoms. The average molecular weight is 1630 g/mol. The van der Waals surface area contributed by atoms with Crippen molar-refractivity contribution in [2.24, 2.45) is 0 Å². The van der Waals surface area contributed by atoms with Gasteiger partial charge < -0.3 is 119 Å². The van der Waals surface area contributed by atoms with E-state index in [0.29, 0.717) is 6.92 Å². The molecular weight excluding hydrogens is 1570 g/mol. The van der Waals surface area contributed by atoms with Crippen molar-refractivity contribution >= 4 is 96.4 Å². The first-order valence-corrected chi connectivity index (χ1v) is 36.6. The molecule has 6 rings (SSSR count). The van der Waals surface area contributed by atoms with Crippen LogP contribution < -0.4 is 14.8 Å². The lowest BCUT2D eigenvalue weighted by atomic mass is 9.94. The molecule has 56 nitrogen and oxygen atoms in total. The molecule has 63 heteroatoms. The van der Waals surface area contributed by atoms with Crippen molar-refractivity contribution in [2.75, 3.05) is 19.8 Å². The van der Waals surface area contributed by atoms with Crippen LogP contribution in [0.25, 0.3) is 0 Å². The fourth-order valence-corrected chi connectivity index (χ4v) is 13.5. The number of carbonyl (C=O) groups excluding carboxylic acids is 1. The highest BCUT2D eigenvalue weighted by atomic mass is 32.3. The van der Waals surface area contributed by atoms with Crippen molar-refractivity contribution in [3.05, 3.63) is 0 Å². The van der Waals surface area contributed by atoms with Crippen LogP contribution in [0.15, 0.2) is 0 Å². The lowest BCUT2D eigenvalue weighted by Crippen LogP contribution is -2.71. The van der Waals surface area contributed by atoms with Gasteiger partial charge in [0.2, 0.25) is 5.91 Å². The van der Waals surface area contributed by atoms with Crippen LogP contribution in [0, 0.1) is 0 Å². The van der Waals surface area contributed by atoms with E-state index in [1.54, 1.807) is 0 Å². The topological polar surface area (TPSA) is 875 Å². The van der Waals surface area contributed by atoms with Crippen molar-refractivity contribution in [3.8, 4) is 0 Å². The van der Waals surface area contributed by atoms with Crippen LogP contribution in [0.1, 0.15) is 6.92 Å². The Hall–Kier alpha value is -3.83. The average Bonchev–Trinajstić information content (AvgIpc) is 0.770. The number of carboxylic acids is 3. The SMILES string of the molecule is CC(=O)N[C@H]1[C@@H](O[C@H]2[C@H](O)[C@@H](O)[C@H](O[C@H]3[C@H](OS(=O)(=O)O)[C@@H](NS(=O)(=O)O)[C@@H](O[C@H]4[C@H](O)[C@@H](OS(=O)(=O)O)[C@H](O[C@H]5[C@H](O)[C@@H](NS(=O)(=O)O)C(O)O[C@@H]5COS(=O)(=O)O)O[C@H]4C(=O)O)O[C@@H]3COS(=O)(=O)O)O[C@@H]2C(=O)O)O[C@H](COS(=O)(=O)O)[C@@H](O[C@@H]2O[C@@H](C(=O)O)[C@@H](O)[C@H](O)[C@H]2O)[C@@H]1O. The van der Waals surface area contributed by atoms with Gasteiger partial charge in [-0.15, -0.1) is 0 Å². The summed E-state index contributed by atoms with van der Waals surface area (Å²) < 4.78 is 320. The van der Waals surface area contributed by atoms with E-state index in [-0.39, 0.29) is 0 Å². The Morgan fingerprint density at radius 1 is 0.337 bits per heavy atom. The maximum atomic E-state index is 13.1. The summed E-state index contributed by atoms with van der Waals surface area (Å²) in [5, 5.41) is 132. The van der Waals surface area contributed by atoms with Gasteiger partial charge in [-0.2, -0.15) is 68.4 Å². The van der Waals surface area contributed by atoms with Gasteiger partial charge in [0.25, 0.3) is 0 Å². The van der Waals surface area contributed by atoms with Gasteiger partial charge in [-0.25, -0.2) is 35.3 Å². The Kier molecular flexibility index (Phi) is 28.2. The van der Waals surface area contributed by atoms with Crippen LogP contribution in [-0.4, -0.2) is 380 Å². The molecule has 0 aliphatic carbocycles. The predicted octanol–water partition coefficient (Wildman–Crippen LogP) is -15.7. The first-order chi connectivity index (χ1) is 45.9. The van der Waals surface area contributed by atoms with Crippen LogP contribution in [0.5, 0.6) is 0 Å². The highest BCUT2D eigenvalue weighted by Gasteiger charge is 2.62. The smallest absolute Gasteiger partial charge is 0.397 e. The van der Waals surface area contributed by atoms with Crippen molar-refractivity contribution < 1.29 is 244 Å². The van der Waals surface area contributed by atoms with Crippen molar-refractivity contribution in [3.63, 3.8) is 0 Å². The molecule has 0 aromatic rings. The maximum absolute atomic E-state index is 13.1. The minimum absolute atomic E-state index is 0.706. The molecule has 1 unspecified atom stereocenters. The monoisotopic (exact) mass is 1630 g/mol. The number of aliphatic hydroxyl groups excluding tert-OH is 9. The summed E-state index contributed by atoms with van der Waals surface area (Å²) in [4.78, 5) is 50.6. The largest absolute Gasteiger partial charge is 0.479 e. The van der Waals surface area contributed by atoms with Gasteiger partial charge in [-0.3, -0.25) is 36.7 Å². The predicted molar refractivity (Wildman–Crippen MR) is 289 cm³/mol. The Bertz CT molecular complexity index is 3760. The van der Waals surface area contributed by atoms with Crippen LogP contribution in [0.2, 0.25) is 0 Å². The number of nitrogens with one attached hydrogen (secondary N) is 3. The lowest BCUT2D eigenvalue weighted by molar-refractivity contribution is -0.376. The summed E-state index contributed by atoms with van der Waals surface area (Å²) in [5.74, 6) is -8.17. The summed E-state index contributed by atoms with van der Waals surface area (Å²) in [6.45, 7) is -4.57. The van der Waals surface area contributed by atoms with Gasteiger partial charge in [-0.1, -0.05) is 0 Å². The fourth-order valence-electron chi connectivity index (χ4n) is 10.4. The molecule has 0 aromatic heterocycles. The Labute approximate surface area is 564 Å². The first-order valence-electron chi connectivity index (χ1n) is 26.9. The number of ether oxygens (including phenoxy) is 11. The summed E-state index contributed by atoms with van der Waals surface area (Å²) in [7, 11) is -41.5. The van der Waals surface area contributed by atoms with Crippen LogP contribution in [-0.2, 0) is 165 Å². The van der Waals surface area contributed by atoms with E-state index in [4.69, 9.17) is 52.1 Å². The molecule has 30 atom stereocenters. The van der Waals surface area contributed by atoms with Crippen LogP contribution >= 0.6 is 0 Å². The zero-order valence-electron chi connectivity index (χ0n) is 49.2. The van der Waals surface area contributed by atoms with E-state index in [1.165, 1.54) is 4.72 Å². The van der Waals surface area contributed by atoms with Gasteiger partial charge in [0.15, 0.2) is 62.2 Å². The van der Waals surface area contributed by atoms with Gasteiger partial charge in [0.05, 0.1) is 19.8 Å². The number of carbonyl (C=O) groups is 4. The highest BCUT2D eigenvalue weighted by molar-refractivity contribution is 7.84. The molecule has 6 heterocycles. The number of hydrogen-bond acceptors (Lipinski definition) is 43. The van der Waals surface area contributed by atoms with Crippen molar-refractivity contribution in [2.45, 2.75) is 191 Å². The number of aliphatic carboxylic acids is 3.